The first-order valence-corrected chi connectivity index (χ1v) is 7.61. The van der Waals surface area contributed by atoms with Crippen molar-refractivity contribution in [2.45, 2.75) is 46.4 Å². The van der Waals surface area contributed by atoms with Gasteiger partial charge in [-0.1, -0.05) is 25.1 Å². The summed E-state index contributed by atoms with van der Waals surface area (Å²) in [6.45, 7) is 9.93. The fourth-order valence-corrected chi connectivity index (χ4v) is 2.28. The summed E-state index contributed by atoms with van der Waals surface area (Å²) in [5, 5.41) is 7.93. The van der Waals surface area contributed by atoms with Crippen LogP contribution < -0.4 is 10.1 Å². The van der Waals surface area contributed by atoms with Crippen LogP contribution >= 0.6 is 0 Å². The normalized spacial score (nSPS) is 12.6. The molecule has 1 heterocycles. The maximum atomic E-state index is 5.97. The molecule has 1 unspecified atom stereocenters. The van der Waals surface area contributed by atoms with E-state index in [-0.39, 0.29) is 6.04 Å². The van der Waals surface area contributed by atoms with Gasteiger partial charge in [-0.05, 0) is 39.4 Å². The van der Waals surface area contributed by atoms with Crippen molar-refractivity contribution in [1.82, 2.24) is 15.1 Å². The first-order valence-electron chi connectivity index (χ1n) is 7.61. The molecule has 0 saturated carbocycles. The highest BCUT2D eigenvalue weighted by Crippen LogP contribution is 2.25. The minimum Gasteiger partial charge on any atom is -0.487 e. The molecule has 0 radical (unpaired) electrons. The van der Waals surface area contributed by atoms with Gasteiger partial charge in [0.1, 0.15) is 12.4 Å². The summed E-state index contributed by atoms with van der Waals surface area (Å²) in [6.07, 6.45) is 2.00. The quantitative estimate of drug-likeness (QED) is 0.843. The highest BCUT2D eigenvalue weighted by molar-refractivity contribution is 5.35. The molecule has 0 fully saturated rings. The monoisotopic (exact) mass is 287 g/mol. The maximum absolute atomic E-state index is 5.97. The third-order valence-corrected chi connectivity index (χ3v) is 3.46. The molecule has 1 N–H and O–H groups in total. The number of hydrogen-bond acceptors (Lipinski definition) is 3. The van der Waals surface area contributed by atoms with E-state index in [0.717, 1.165) is 18.0 Å². The number of ether oxygens (including phenoxy) is 1. The Morgan fingerprint density at radius 2 is 1.95 bits per heavy atom. The summed E-state index contributed by atoms with van der Waals surface area (Å²) in [7, 11) is 0. The molecule has 0 amide bonds. The van der Waals surface area contributed by atoms with E-state index in [2.05, 4.69) is 44.2 Å². The van der Waals surface area contributed by atoms with Crippen molar-refractivity contribution in [3.8, 4) is 5.75 Å². The molecule has 21 heavy (non-hydrogen) atoms. The molecule has 4 heteroatoms. The summed E-state index contributed by atoms with van der Waals surface area (Å²) >= 11 is 0. The van der Waals surface area contributed by atoms with Crippen molar-refractivity contribution < 1.29 is 4.74 Å². The molecule has 1 aromatic heterocycles. The number of nitrogens with zero attached hydrogens (tertiary/aromatic N) is 2. The minimum atomic E-state index is 0.277. The predicted molar refractivity (Wildman–Crippen MR) is 85.5 cm³/mol. The Balaban J connectivity index is 2.05. The van der Waals surface area contributed by atoms with Crippen LogP contribution in [0.25, 0.3) is 0 Å². The average molecular weight is 287 g/mol. The van der Waals surface area contributed by atoms with Gasteiger partial charge in [0.15, 0.2) is 0 Å². The van der Waals surface area contributed by atoms with Crippen LogP contribution in [-0.2, 0) is 6.61 Å². The lowest BCUT2D eigenvalue weighted by atomic mass is 10.1. The Morgan fingerprint density at radius 1 is 1.19 bits per heavy atom. The molecule has 1 atom stereocenters. The summed E-state index contributed by atoms with van der Waals surface area (Å²) in [6, 6.07) is 10.8. The number of aromatic nitrogens is 2. The molecule has 0 spiro atoms. The van der Waals surface area contributed by atoms with Crippen molar-refractivity contribution in [2.24, 2.45) is 0 Å². The number of nitrogens with one attached hydrogen (secondary N) is 1. The van der Waals surface area contributed by atoms with E-state index in [1.54, 1.807) is 0 Å². The van der Waals surface area contributed by atoms with Gasteiger partial charge < -0.3 is 10.1 Å². The molecular formula is C17H25N3O. The molecule has 0 aliphatic carbocycles. The Labute approximate surface area is 127 Å². The zero-order valence-corrected chi connectivity index (χ0v) is 13.3. The second-order valence-electron chi connectivity index (χ2n) is 5.49. The van der Waals surface area contributed by atoms with Crippen molar-refractivity contribution in [3.63, 3.8) is 0 Å². The van der Waals surface area contributed by atoms with Gasteiger partial charge in [-0.3, -0.25) is 4.68 Å². The fourth-order valence-electron chi connectivity index (χ4n) is 2.28. The van der Waals surface area contributed by atoms with Crippen LogP contribution in [0, 0.1) is 0 Å². The molecule has 2 rings (SSSR count). The second-order valence-corrected chi connectivity index (χ2v) is 5.49. The van der Waals surface area contributed by atoms with Crippen LogP contribution in [-0.4, -0.2) is 16.3 Å². The van der Waals surface area contributed by atoms with Crippen LogP contribution in [0.1, 0.15) is 51.0 Å². The second kappa shape index (κ2) is 7.27. The van der Waals surface area contributed by atoms with Gasteiger partial charge in [0.25, 0.3) is 0 Å². The summed E-state index contributed by atoms with van der Waals surface area (Å²) in [5.41, 5.74) is 2.14. The minimum absolute atomic E-state index is 0.277. The third kappa shape index (κ3) is 4.08. The van der Waals surface area contributed by atoms with Crippen LogP contribution in [0.4, 0.5) is 0 Å². The average Bonchev–Trinajstić information content (AvgIpc) is 2.95. The zero-order valence-electron chi connectivity index (χ0n) is 13.3. The first kappa shape index (κ1) is 15.6. The van der Waals surface area contributed by atoms with E-state index >= 15 is 0 Å². The molecule has 0 aliphatic heterocycles. The maximum Gasteiger partial charge on any atom is 0.132 e. The van der Waals surface area contributed by atoms with Gasteiger partial charge in [-0.2, -0.15) is 5.10 Å². The molecule has 4 nitrogen and oxygen atoms in total. The van der Waals surface area contributed by atoms with E-state index in [1.807, 2.05) is 35.1 Å². The first-order chi connectivity index (χ1) is 10.1. The topological polar surface area (TPSA) is 39.1 Å². The van der Waals surface area contributed by atoms with E-state index in [9.17, 15) is 0 Å². The van der Waals surface area contributed by atoms with Crippen LogP contribution in [0.5, 0.6) is 5.75 Å². The smallest absolute Gasteiger partial charge is 0.132 e. The Hall–Kier alpha value is -1.81. The highest BCUT2D eigenvalue weighted by Gasteiger charge is 2.11. The Morgan fingerprint density at radius 3 is 2.62 bits per heavy atom. The van der Waals surface area contributed by atoms with Gasteiger partial charge in [-0.25, -0.2) is 0 Å². The summed E-state index contributed by atoms with van der Waals surface area (Å²) < 4.78 is 7.92. The SMILES string of the molecule is CCNC(C)c1ccccc1OCc1ccn(C(C)C)n1. The number of para-hydroxylation sites is 1. The van der Waals surface area contributed by atoms with Gasteiger partial charge in [0, 0.05) is 23.8 Å². The van der Waals surface area contributed by atoms with Crippen LogP contribution in [0.3, 0.4) is 0 Å². The van der Waals surface area contributed by atoms with Gasteiger partial charge in [0.2, 0.25) is 0 Å². The van der Waals surface area contributed by atoms with Gasteiger partial charge in [-0.15, -0.1) is 0 Å². The number of benzene rings is 1. The van der Waals surface area contributed by atoms with E-state index in [1.165, 1.54) is 5.56 Å². The molecule has 2 aromatic rings. The van der Waals surface area contributed by atoms with Gasteiger partial charge in [0.05, 0.1) is 5.69 Å². The van der Waals surface area contributed by atoms with Crippen molar-refractivity contribution in [3.05, 3.63) is 47.8 Å². The molecular weight excluding hydrogens is 262 g/mol. The predicted octanol–water partition coefficient (Wildman–Crippen LogP) is 3.71. The van der Waals surface area contributed by atoms with Crippen LogP contribution in [0.15, 0.2) is 36.5 Å². The van der Waals surface area contributed by atoms with Crippen molar-refractivity contribution in [1.29, 1.82) is 0 Å². The van der Waals surface area contributed by atoms with E-state index in [4.69, 9.17) is 4.74 Å². The lowest BCUT2D eigenvalue weighted by molar-refractivity contribution is 0.293. The Kier molecular flexibility index (Phi) is 5.39. The molecule has 0 aliphatic rings. The molecule has 114 valence electrons. The van der Waals surface area contributed by atoms with Gasteiger partial charge >= 0.3 is 0 Å². The third-order valence-electron chi connectivity index (χ3n) is 3.46. The lowest BCUT2D eigenvalue weighted by Crippen LogP contribution is -2.18. The number of rotatable bonds is 7. The largest absolute Gasteiger partial charge is 0.487 e. The lowest BCUT2D eigenvalue weighted by Gasteiger charge is -2.17. The summed E-state index contributed by atoms with van der Waals surface area (Å²) in [4.78, 5) is 0. The molecule has 0 saturated heterocycles. The zero-order chi connectivity index (χ0) is 15.2. The van der Waals surface area contributed by atoms with Crippen molar-refractivity contribution >= 4 is 0 Å². The van der Waals surface area contributed by atoms with E-state index < -0.39 is 0 Å². The Bertz CT molecular complexity index is 563. The van der Waals surface area contributed by atoms with Crippen LogP contribution in [0.2, 0.25) is 0 Å². The molecule has 1 aromatic carbocycles. The van der Waals surface area contributed by atoms with Crippen molar-refractivity contribution in [2.75, 3.05) is 6.54 Å². The number of hydrogen-bond donors (Lipinski definition) is 1. The fraction of sp³-hybridized carbons (Fsp3) is 0.471. The summed E-state index contributed by atoms with van der Waals surface area (Å²) in [5.74, 6) is 0.921. The van der Waals surface area contributed by atoms with E-state index in [0.29, 0.717) is 12.6 Å². The standard InChI is InChI=1S/C17H25N3O/c1-5-18-14(4)16-8-6-7-9-17(16)21-12-15-10-11-20(19-15)13(2)3/h6-11,13-14,18H,5,12H2,1-4H3. The highest BCUT2D eigenvalue weighted by atomic mass is 16.5. The molecule has 0 bridgehead atoms.